The zero-order valence-corrected chi connectivity index (χ0v) is 12.7. The fraction of sp³-hybridized carbons (Fsp3) is 0.533. The third-order valence-electron chi connectivity index (χ3n) is 3.53. The van der Waals surface area contributed by atoms with E-state index in [4.69, 9.17) is 5.73 Å². The molecule has 1 saturated heterocycles. The molecule has 0 unspecified atom stereocenters. The quantitative estimate of drug-likeness (QED) is 0.524. The van der Waals surface area contributed by atoms with Crippen LogP contribution >= 0.6 is 11.8 Å². The molecule has 1 aliphatic heterocycles. The Hall–Kier alpha value is -1.16. The van der Waals surface area contributed by atoms with Crippen molar-refractivity contribution in [2.75, 3.05) is 19.3 Å². The zero-order valence-electron chi connectivity index (χ0n) is 11.9. The molecule has 1 aliphatic rings. The number of piperidine rings is 1. The average Bonchev–Trinajstić information content (AvgIpc) is 2.46. The van der Waals surface area contributed by atoms with E-state index in [9.17, 15) is 0 Å². The number of thioether (sulfide) groups is 1. The molecule has 0 radical (unpaired) electrons. The van der Waals surface area contributed by atoms with Gasteiger partial charge in [0.05, 0.1) is 6.54 Å². The maximum atomic E-state index is 6.09. The Kier molecular flexibility index (Phi) is 5.14. The number of guanidine groups is 1. The first-order chi connectivity index (χ1) is 9.20. The van der Waals surface area contributed by atoms with Gasteiger partial charge in [-0.15, -0.1) is 11.8 Å². The second-order valence-electron chi connectivity index (χ2n) is 5.04. The minimum Gasteiger partial charge on any atom is -0.370 e. The number of hydrogen-bond acceptors (Lipinski definition) is 2. The molecule has 3 nitrogen and oxygen atoms in total. The summed E-state index contributed by atoms with van der Waals surface area (Å²) in [5, 5.41) is 0. The van der Waals surface area contributed by atoms with Crippen LogP contribution in [-0.2, 0) is 6.54 Å². The van der Waals surface area contributed by atoms with Crippen molar-refractivity contribution in [1.82, 2.24) is 4.90 Å². The van der Waals surface area contributed by atoms with Gasteiger partial charge in [-0.3, -0.25) is 0 Å². The first-order valence-corrected chi connectivity index (χ1v) is 8.11. The van der Waals surface area contributed by atoms with E-state index in [1.54, 1.807) is 11.8 Å². The fourth-order valence-electron chi connectivity index (χ4n) is 2.37. The SMILES string of the molecule is CSc1cc(C)ccc1CN=C(N)N1CCCCC1. The van der Waals surface area contributed by atoms with Gasteiger partial charge in [0.2, 0.25) is 0 Å². The molecule has 2 rings (SSSR count). The van der Waals surface area contributed by atoms with Crippen LogP contribution in [0.5, 0.6) is 0 Å². The zero-order chi connectivity index (χ0) is 13.7. The Morgan fingerprint density at radius 1 is 1.32 bits per heavy atom. The van der Waals surface area contributed by atoms with Crippen LogP contribution in [0.15, 0.2) is 28.1 Å². The minimum atomic E-state index is 0.679. The maximum absolute atomic E-state index is 6.09. The van der Waals surface area contributed by atoms with Gasteiger partial charge in [-0.05, 0) is 49.6 Å². The van der Waals surface area contributed by atoms with Gasteiger partial charge in [0.1, 0.15) is 0 Å². The summed E-state index contributed by atoms with van der Waals surface area (Å²) in [5.41, 5.74) is 8.64. The van der Waals surface area contributed by atoms with Gasteiger partial charge < -0.3 is 10.6 Å². The van der Waals surface area contributed by atoms with Crippen LogP contribution in [0.1, 0.15) is 30.4 Å². The molecule has 1 aromatic carbocycles. The number of nitrogens with two attached hydrogens (primary N) is 1. The fourth-order valence-corrected chi connectivity index (χ4v) is 3.07. The highest BCUT2D eigenvalue weighted by Gasteiger charge is 2.11. The lowest BCUT2D eigenvalue weighted by Gasteiger charge is -2.27. The van der Waals surface area contributed by atoms with Crippen molar-refractivity contribution in [2.45, 2.75) is 37.6 Å². The van der Waals surface area contributed by atoms with Crippen molar-refractivity contribution in [2.24, 2.45) is 10.7 Å². The largest absolute Gasteiger partial charge is 0.370 e. The van der Waals surface area contributed by atoms with Crippen LogP contribution in [0.3, 0.4) is 0 Å². The predicted molar refractivity (Wildman–Crippen MR) is 83.7 cm³/mol. The van der Waals surface area contributed by atoms with Gasteiger partial charge in [-0.1, -0.05) is 12.1 Å². The number of hydrogen-bond donors (Lipinski definition) is 1. The van der Waals surface area contributed by atoms with Crippen LogP contribution in [0, 0.1) is 6.92 Å². The number of aryl methyl sites for hydroxylation is 1. The molecule has 1 fully saturated rings. The molecular weight excluding hydrogens is 254 g/mol. The topological polar surface area (TPSA) is 41.6 Å². The Bertz CT molecular complexity index is 451. The number of benzene rings is 1. The van der Waals surface area contributed by atoms with Crippen LogP contribution in [0.2, 0.25) is 0 Å². The van der Waals surface area contributed by atoms with Gasteiger partial charge in [0.15, 0.2) is 5.96 Å². The summed E-state index contributed by atoms with van der Waals surface area (Å²) in [6.45, 7) is 4.91. The van der Waals surface area contributed by atoms with E-state index < -0.39 is 0 Å². The molecule has 0 saturated carbocycles. The Morgan fingerprint density at radius 2 is 2.05 bits per heavy atom. The van der Waals surface area contributed by atoms with Crippen molar-refractivity contribution >= 4 is 17.7 Å². The van der Waals surface area contributed by atoms with Crippen LogP contribution in [0.25, 0.3) is 0 Å². The summed E-state index contributed by atoms with van der Waals surface area (Å²) in [6.07, 6.45) is 5.89. The van der Waals surface area contributed by atoms with E-state index in [0.717, 1.165) is 13.1 Å². The lowest BCUT2D eigenvalue weighted by Crippen LogP contribution is -2.40. The van der Waals surface area contributed by atoms with Crippen molar-refractivity contribution < 1.29 is 0 Å². The standard InChI is InChI=1S/C15H23N3S/c1-12-6-7-13(14(10-12)19-2)11-17-15(16)18-8-4-3-5-9-18/h6-7,10H,3-5,8-9,11H2,1-2H3,(H2,16,17). The summed E-state index contributed by atoms with van der Waals surface area (Å²) in [6, 6.07) is 6.52. The summed E-state index contributed by atoms with van der Waals surface area (Å²) >= 11 is 1.77. The molecule has 19 heavy (non-hydrogen) atoms. The van der Waals surface area contributed by atoms with Crippen molar-refractivity contribution in [3.05, 3.63) is 29.3 Å². The normalized spacial score (nSPS) is 16.7. The van der Waals surface area contributed by atoms with E-state index in [1.807, 2.05) is 0 Å². The van der Waals surface area contributed by atoms with Gasteiger partial charge in [-0.2, -0.15) is 0 Å². The van der Waals surface area contributed by atoms with Crippen LogP contribution in [-0.4, -0.2) is 30.2 Å². The Labute approximate surface area is 120 Å². The van der Waals surface area contributed by atoms with E-state index in [2.05, 4.69) is 41.3 Å². The van der Waals surface area contributed by atoms with Crippen molar-refractivity contribution in [3.8, 4) is 0 Å². The lowest BCUT2D eigenvalue weighted by atomic mass is 10.1. The molecule has 2 N–H and O–H groups in total. The monoisotopic (exact) mass is 277 g/mol. The second kappa shape index (κ2) is 6.85. The molecule has 0 amide bonds. The first-order valence-electron chi connectivity index (χ1n) is 6.89. The number of likely N-dealkylation sites (tertiary alicyclic amines) is 1. The summed E-state index contributed by atoms with van der Waals surface area (Å²) < 4.78 is 0. The molecule has 0 spiro atoms. The third kappa shape index (κ3) is 3.90. The molecule has 4 heteroatoms. The Morgan fingerprint density at radius 3 is 2.74 bits per heavy atom. The molecule has 104 valence electrons. The molecular formula is C15H23N3S. The highest BCUT2D eigenvalue weighted by molar-refractivity contribution is 7.98. The average molecular weight is 277 g/mol. The van der Waals surface area contributed by atoms with Gasteiger partial charge in [0, 0.05) is 18.0 Å². The second-order valence-corrected chi connectivity index (χ2v) is 5.89. The van der Waals surface area contributed by atoms with E-state index in [0.29, 0.717) is 12.5 Å². The molecule has 1 aromatic rings. The number of nitrogens with zero attached hydrogens (tertiary/aromatic N) is 2. The highest BCUT2D eigenvalue weighted by atomic mass is 32.2. The van der Waals surface area contributed by atoms with E-state index >= 15 is 0 Å². The molecule has 0 aliphatic carbocycles. The Balaban J connectivity index is 2.04. The van der Waals surface area contributed by atoms with Crippen molar-refractivity contribution in [3.63, 3.8) is 0 Å². The van der Waals surface area contributed by atoms with Gasteiger partial charge >= 0.3 is 0 Å². The third-order valence-corrected chi connectivity index (χ3v) is 4.35. The van der Waals surface area contributed by atoms with Gasteiger partial charge in [-0.25, -0.2) is 4.99 Å². The van der Waals surface area contributed by atoms with Crippen molar-refractivity contribution in [1.29, 1.82) is 0 Å². The summed E-state index contributed by atoms with van der Waals surface area (Å²) in [4.78, 5) is 8.07. The summed E-state index contributed by atoms with van der Waals surface area (Å²) in [7, 11) is 0. The lowest BCUT2D eigenvalue weighted by molar-refractivity contribution is 0.338. The van der Waals surface area contributed by atoms with E-state index in [-0.39, 0.29) is 0 Å². The summed E-state index contributed by atoms with van der Waals surface area (Å²) in [5.74, 6) is 0.701. The first kappa shape index (κ1) is 14.3. The van der Waals surface area contributed by atoms with Crippen LogP contribution in [0.4, 0.5) is 0 Å². The predicted octanol–water partition coefficient (Wildman–Crippen LogP) is 3.02. The smallest absolute Gasteiger partial charge is 0.191 e. The molecule has 0 aromatic heterocycles. The van der Waals surface area contributed by atoms with E-state index in [1.165, 1.54) is 35.3 Å². The number of rotatable bonds is 3. The van der Waals surface area contributed by atoms with Crippen LogP contribution < -0.4 is 5.73 Å². The molecule has 1 heterocycles. The highest BCUT2D eigenvalue weighted by Crippen LogP contribution is 2.22. The molecule has 0 bridgehead atoms. The minimum absolute atomic E-state index is 0.679. The van der Waals surface area contributed by atoms with Gasteiger partial charge in [0.25, 0.3) is 0 Å². The maximum Gasteiger partial charge on any atom is 0.191 e. The number of aliphatic imine (C=N–C) groups is 1. The molecule has 0 atom stereocenters.